The van der Waals surface area contributed by atoms with Crippen LogP contribution in [0.3, 0.4) is 0 Å². The zero-order valence-electron chi connectivity index (χ0n) is 8.91. The normalized spacial score (nSPS) is 28.4. The zero-order chi connectivity index (χ0) is 10.8. The molecule has 0 bridgehead atoms. The number of carboxylic acid groups (broad SMARTS) is 1. The fourth-order valence-electron chi connectivity index (χ4n) is 2.06. The Hall–Kier alpha value is -0.610. The Balaban J connectivity index is 2.47. The minimum atomic E-state index is -1.01. The zero-order valence-corrected chi connectivity index (χ0v) is 8.91. The Morgan fingerprint density at radius 1 is 1.71 bits per heavy atom. The molecule has 0 saturated carbocycles. The molecule has 0 aromatic carbocycles. The number of quaternary nitrogens is 1. The van der Waals surface area contributed by atoms with E-state index in [2.05, 4.69) is 5.73 Å². The maximum absolute atomic E-state index is 10.4. The van der Waals surface area contributed by atoms with Crippen molar-refractivity contribution in [2.24, 2.45) is 5.92 Å². The van der Waals surface area contributed by atoms with E-state index >= 15 is 0 Å². The molecule has 4 nitrogen and oxygen atoms in total. The van der Waals surface area contributed by atoms with Crippen molar-refractivity contribution in [3.63, 3.8) is 0 Å². The molecule has 2 atom stereocenters. The molecule has 0 aromatic heterocycles. The molecule has 1 heterocycles. The van der Waals surface area contributed by atoms with Crippen LogP contribution in [0.2, 0.25) is 0 Å². The van der Waals surface area contributed by atoms with Crippen LogP contribution in [0, 0.1) is 5.92 Å². The summed E-state index contributed by atoms with van der Waals surface area (Å²) in [5, 5.41) is 10.4. The summed E-state index contributed by atoms with van der Waals surface area (Å²) in [6.45, 7) is 4.77. The number of hydrogen-bond donors (Lipinski definition) is 1. The van der Waals surface area contributed by atoms with Gasteiger partial charge in [0.1, 0.15) is 0 Å². The van der Waals surface area contributed by atoms with Crippen LogP contribution in [0.25, 0.3) is 0 Å². The average molecular weight is 201 g/mol. The van der Waals surface area contributed by atoms with Gasteiger partial charge in [-0.3, -0.25) is 0 Å². The van der Waals surface area contributed by atoms with E-state index in [1.165, 1.54) is 0 Å². The maximum atomic E-state index is 10.4. The predicted molar refractivity (Wildman–Crippen MR) is 49.1 cm³/mol. The molecular formula is C10H19NO3. The molecule has 1 aliphatic rings. The summed E-state index contributed by atoms with van der Waals surface area (Å²) in [7, 11) is 0. The SMILES string of the molecule is CC1(C)C[C@@H]([C@@H]([NH3+])CC(=O)[O-])CCO1. The van der Waals surface area contributed by atoms with Crippen LogP contribution in [0.1, 0.15) is 33.1 Å². The monoisotopic (exact) mass is 201 g/mol. The number of carbonyl (C=O) groups is 1. The summed E-state index contributed by atoms with van der Waals surface area (Å²) in [5.74, 6) is -0.661. The lowest BCUT2D eigenvalue weighted by molar-refractivity contribution is -0.441. The van der Waals surface area contributed by atoms with E-state index in [0.717, 1.165) is 12.8 Å². The highest BCUT2D eigenvalue weighted by molar-refractivity contribution is 5.64. The molecule has 3 N–H and O–H groups in total. The van der Waals surface area contributed by atoms with Gasteiger partial charge in [0.05, 0.1) is 11.6 Å². The van der Waals surface area contributed by atoms with Gasteiger partial charge >= 0.3 is 0 Å². The molecule has 1 fully saturated rings. The second kappa shape index (κ2) is 4.28. The van der Waals surface area contributed by atoms with Gasteiger partial charge in [-0.1, -0.05) is 0 Å². The van der Waals surface area contributed by atoms with Gasteiger partial charge in [0.25, 0.3) is 0 Å². The standard InChI is InChI=1S/C10H19NO3/c1-10(2)6-7(3-4-14-10)8(11)5-9(12)13/h7-8H,3-6,11H2,1-2H3,(H,12,13)/t7-,8-/m0/s1. The number of carboxylic acids is 1. The molecule has 0 aliphatic carbocycles. The van der Waals surface area contributed by atoms with E-state index in [0.29, 0.717) is 12.5 Å². The lowest BCUT2D eigenvalue weighted by Gasteiger charge is -2.36. The van der Waals surface area contributed by atoms with Gasteiger partial charge in [0, 0.05) is 24.9 Å². The molecular weight excluding hydrogens is 182 g/mol. The van der Waals surface area contributed by atoms with Crippen molar-refractivity contribution < 1.29 is 20.4 Å². The van der Waals surface area contributed by atoms with Crippen LogP contribution in [-0.4, -0.2) is 24.2 Å². The van der Waals surface area contributed by atoms with Crippen LogP contribution in [0.4, 0.5) is 0 Å². The van der Waals surface area contributed by atoms with Gasteiger partial charge < -0.3 is 20.4 Å². The second-order valence-corrected chi connectivity index (χ2v) is 4.70. The molecule has 0 unspecified atom stereocenters. The number of aliphatic carboxylic acids is 1. The van der Waals surface area contributed by atoms with E-state index in [9.17, 15) is 9.90 Å². The molecule has 0 aromatic rings. The molecule has 4 heteroatoms. The molecule has 82 valence electrons. The Labute approximate surface area is 84.4 Å². The van der Waals surface area contributed by atoms with Crippen LogP contribution in [0.15, 0.2) is 0 Å². The topological polar surface area (TPSA) is 77.0 Å². The number of ether oxygens (including phenoxy) is 1. The lowest BCUT2D eigenvalue weighted by atomic mass is 9.82. The van der Waals surface area contributed by atoms with E-state index in [1.807, 2.05) is 13.8 Å². The predicted octanol–water partition coefficient (Wildman–Crippen LogP) is -1.06. The van der Waals surface area contributed by atoms with Crippen molar-refractivity contribution in [3.8, 4) is 0 Å². The third-order valence-corrected chi connectivity index (χ3v) is 2.83. The van der Waals surface area contributed by atoms with Gasteiger partial charge in [-0.05, 0) is 26.7 Å². The van der Waals surface area contributed by atoms with Crippen molar-refractivity contribution in [3.05, 3.63) is 0 Å². The summed E-state index contributed by atoms with van der Waals surface area (Å²) in [6.07, 6.45) is 1.85. The summed E-state index contributed by atoms with van der Waals surface area (Å²) < 4.78 is 5.56. The molecule has 1 rings (SSSR count). The summed E-state index contributed by atoms with van der Waals surface area (Å²) in [5.41, 5.74) is 3.76. The number of rotatable bonds is 3. The van der Waals surface area contributed by atoms with Gasteiger partial charge in [0.15, 0.2) is 0 Å². The van der Waals surface area contributed by atoms with Crippen molar-refractivity contribution in [1.82, 2.24) is 0 Å². The first-order valence-electron chi connectivity index (χ1n) is 5.07. The van der Waals surface area contributed by atoms with Crippen LogP contribution < -0.4 is 10.8 Å². The fraction of sp³-hybridized carbons (Fsp3) is 0.900. The third kappa shape index (κ3) is 3.27. The molecule has 0 amide bonds. The molecule has 14 heavy (non-hydrogen) atoms. The molecule has 1 aliphatic heterocycles. The Morgan fingerprint density at radius 2 is 2.36 bits per heavy atom. The summed E-state index contributed by atoms with van der Waals surface area (Å²) >= 11 is 0. The highest BCUT2D eigenvalue weighted by atomic mass is 16.5. The first kappa shape index (κ1) is 11.5. The average Bonchev–Trinajstić information content (AvgIpc) is 2.01. The summed E-state index contributed by atoms with van der Waals surface area (Å²) in [6, 6.07) is -0.0526. The second-order valence-electron chi connectivity index (χ2n) is 4.70. The number of carbonyl (C=O) groups excluding carboxylic acids is 1. The number of hydrogen-bond acceptors (Lipinski definition) is 3. The Morgan fingerprint density at radius 3 is 2.86 bits per heavy atom. The Kier molecular flexibility index (Phi) is 3.50. The highest BCUT2D eigenvalue weighted by Gasteiger charge is 2.33. The first-order chi connectivity index (χ1) is 6.41. The van der Waals surface area contributed by atoms with Gasteiger partial charge in [-0.15, -0.1) is 0 Å². The van der Waals surface area contributed by atoms with Crippen LogP contribution in [0.5, 0.6) is 0 Å². The molecule has 1 saturated heterocycles. The molecule has 0 spiro atoms. The highest BCUT2D eigenvalue weighted by Crippen LogP contribution is 2.30. The van der Waals surface area contributed by atoms with E-state index in [4.69, 9.17) is 4.74 Å². The van der Waals surface area contributed by atoms with Crippen molar-refractivity contribution in [1.29, 1.82) is 0 Å². The van der Waals surface area contributed by atoms with Gasteiger partial charge in [0.2, 0.25) is 0 Å². The lowest BCUT2D eigenvalue weighted by Crippen LogP contribution is -2.67. The first-order valence-corrected chi connectivity index (χ1v) is 5.07. The van der Waals surface area contributed by atoms with E-state index in [1.54, 1.807) is 0 Å². The van der Waals surface area contributed by atoms with Crippen molar-refractivity contribution in [2.45, 2.75) is 44.8 Å². The summed E-state index contributed by atoms with van der Waals surface area (Å²) in [4.78, 5) is 10.4. The van der Waals surface area contributed by atoms with Gasteiger partial charge in [-0.25, -0.2) is 0 Å². The van der Waals surface area contributed by atoms with Gasteiger partial charge in [-0.2, -0.15) is 0 Å². The van der Waals surface area contributed by atoms with Crippen molar-refractivity contribution >= 4 is 5.97 Å². The van der Waals surface area contributed by atoms with Crippen LogP contribution >= 0.6 is 0 Å². The minimum absolute atomic E-state index is 0.0526. The quantitative estimate of drug-likeness (QED) is 0.632. The van der Waals surface area contributed by atoms with E-state index < -0.39 is 5.97 Å². The maximum Gasteiger partial charge on any atom is 0.0926 e. The van der Waals surface area contributed by atoms with Crippen LogP contribution in [-0.2, 0) is 9.53 Å². The third-order valence-electron chi connectivity index (χ3n) is 2.83. The van der Waals surface area contributed by atoms with E-state index in [-0.39, 0.29) is 18.1 Å². The largest absolute Gasteiger partial charge is 0.550 e. The Bertz CT molecular complexity index is 215. The minimum Gasteiger partial charge on any atom is -0.550 e. The molecule has 0 radical (unpaired) electrons. The smallest absolute Gasteiger partial charge is 0.0926 e. The van der Waals surface area contributed by atoms with Crippen molar-refractivity contribution in [2.75, 3.05) is 6.61 Å². The fourth-order valence-corrected chi connectivity index (χ4v) is 2.06.